The van der Waals surface area contributed by atoms with Gasteiger partial charge in [0.2, 0.25) is 0 Å². The molecule has 17 heavy (non-hydrogen) atoms. The third kappa shape index (κ3) is 3.44. The maximum atomic E-state index is 4.42. The van der Waals surface area contributed by atoms with Gasteiger partial charge in [-0.3, -0.25) is 4.99 Å². The number of nitrogens with one attached hydrogen (secondary N) is 2. The van der Waals surface area contributed by atoms with Crippen LogP contribution in [0, 0.1) is 0 Å². The number of thiophene rings is 1. The first kappa shape index (κ1) is 12.4. The maximum Gasteiger partial charge on any atom is 0.191 e. The van der Waals surface area contributed by atoms with Crippen LogP contribution in [0.1, 0.15) is 17.3 Å². The standard InChI is InChI=1S/C12H20N4S/c1-16(2)10(11-5-3-8-17-11)9-15-12-13-6-4-7-14-12/h3,5,8,10H,4,6-7,9H2,1-2H3,(H2,13,14,15)/t10-/m0/s1. The average molecular weight is 252 g/mol. The van der Waals surface area contributed by atoms with E-state index in [0.717, 1.165) is 32.0 Å². The molecule has 0 unspecified atom stereocenters. The summed E-state index contributed by atoms with van der Waals surface area (Å²) in [6.45, 7) is 2.85. The number of guanidine groups is 1. The molecule has 2 heterocycles. The predicted octanol–water partition coefficient (Wildman–Crippen LogP) is 1.29. The van der Waals surface area contributed by atoms with Crippen molar-refractivity contribution >= 4 is 17.3 Å². The van der Waals surface area contributed by atoms with E-state index in [9.17, 15) is 0 Å². The molecule has 1 aromatic rings. The molecule has 1 aliphatic rings. The van der Waals surface area contributed by atoms with E-state index in [-0.39, 0.29) is 0 Å². The Morgan fingerprint density at radius 3 is 3.06 bits per heavy atom. The number of nitrogens with zero attached hydrogens (tertiary/aromatic N) is 2. The second-order valence-electron chi connectivity index (χ2n) is 4.39. The Morgan fingerprint density at radius 1 is 1.59 bits per heavy atom. The van der Waals surface area contributed by atoms with E-state index < -0.39 is 0 Å². The molecule has 1 aromatic heterocycles. The zero-order chi connectivity index (χ0) is 12.1. The highest BCUT2D eigenvalue weighted by molar-refractivity contribution is 7.10. The first-order chi connectivity index (χ1) is 8.27. The van der Waals surface area contributed by atoms with Gasteiger partial charge in [-0.2, -0.15) is 0 Å². The fraction of sp³-hybridized carbons (Fsp3) is 0.583. The van der Waals surface area contributed by atoms with Gasteiger partial charge in [-0.1, -0.05) is 6.07 Å². The minimum atomic E-state index is 0.404. The van der Waals surface area contributed by atoms with Crippen molar-refractivity contribution in [3.8, 4) is 0 Å². The molecule has 0 aliphatic carbocycles. The smallest absolute Gasteiger partial charge is 0.191 e. The molecule has 1 aliphatic heterocycles. The molecule has 2 rings (SSSR count). The van der Waals surface area contributed by atoms with Crippen LogP contribution < -0.4 is 10.6 Å². The van der Waals surface area contributed by atoms with Crippen LogP contribution in [0.3, 0.4) is 0 Å². The quantitative estimate of drug-likeness (QED) is 0.848. The molecule has 1 atom stereocenters. The number of hydrogen-bond donors (Lipinski definition) is 2. The number of rotatable bonds is 4. The third-order valence-corrected chi connectivity index (χ3v) is 3.83. The van der Waals surface area contributed by atoms with Crippen molar-refractivity contribution < 1.29 is 0 Å². The molecule has 0 radical (unpaired) electrons. The van der Waals surface area contributed by atoms with E-state index in [4.69, 9.17) is 0 Å². The Bertz CT molecular complexity index is 359. The van der Waals surface area contributed by atoms with Gasteiger partial charge in [-0.25, -0.2) is 0 Å². The lowest BCUT2D eigenvalue weighted by atomic mass is 10.2. The molecule has 4 nitrogen and oxygen atoms in total. The maximum absolute atomic E-state index is 4.42. The van der Waals surface area contributed by atoms with Crippen molar-refractivity contribution in [3.05, 3.63) is 22.4 Å². The van der Waals surface area contributed by atoms with E-state index in [1.165, 1.54) is 4.88 Å². The Hall–Kier alpha value is -1.07. The van der Waals surface area contributed by atoms with Gasteiger partial charge in [-0.05, 0) is 32.0 Å². The summed E-state index contributed by atoms with van der Waals surface area (Å²) in [4.78, 5) is 8.05. The average Bonchev–Trinajstić information content (AvgIpc) is 2.84. The number of aliphatic imine (C=N–C) groups is 1. The Labute approximate surface area is 107 Å². The van der Waals surface area contributed by atoms with Gasteiger partial charge in [0.05, 0.1) is 6.04 Å². The van der Waals surface area contributed by atoms with Crippen molar-refractivity contribution in [2.75, 3.05) is 33.7 Å². The molecule has 5 heteroatoms. The highest BCUT2D eigenvalue weighted by atomic mass is 32.1. The summed E-state index contributed by atoms with van der Waals surface area (Å²) in [5.74, 6) is 0.944. The topological polar surface area (TPSA) is 39.7 Å². The fourth-order valence-electron chi connectivity index (χ4n) is 1.86. The zero-order valence-electron chi connectivity index (χ0n) is 10.4. The van der Waals surface area contributed by atoms with E-state index in [1.54, 1.807) is 11.3 Å². The summed E-state index contributed by atoms with van der Waals surface area (Å²) < 4.78 is 0. The second-order valence-corrected chi connectivity index (χ2v) is 5.37. The van der Waals surface area contributed by atoms with Gasteiger partial charge in [-0.15, -0.1) is 11.3 Å². The van der Waals surface area contributed by atoms with Crippen LogP contribution >= 0.6 is 11.3 Å². The highest BCUT2D eigenvalue weighted by Crippen LogP contribution is 2.22. The highest BCUT2D eigenvalue weighted by Gasteiger charge is 2.15. The molecule has 0 aromatic carbocycles. The molecule has 2 N–H and O–H groups in total. The Balaban J connectivity index is 1.92. The molecule has 0 fully saturated rings. The first-order valence-corrected chi connectivity index (χ1v) is 6.87. The van der Waals surface area contributed by atoms with Crippen molar-refractivity contribution in [2.45, 2.75) is 12.5 Å². The van der Waals surface area contributed by atoms with Crippen LogP contribution in [-0.4, -0.2) is 44.6 Å². The van der Waals surface area contributed by atoms with Crippen LogP contribution in [-0.2, 0) is 0 Å². The van der Waals surface area contributed by atoms with E-state index in [2.05, 4.69) is 52.1 Å². The SMILES string of the molecule is CN(C)[C@@H](CNC1=NCCCN1)c1cccs1. The summed E-state index contributed by atoms with van der Waals surface area (Å²) in [7, 11) is 4.23. The lowest BCUT2D eigenvalue weighted by Crippen LogP contribution is -2.43. The first-order valence-electron chi connectivity index (χ1n) is 5.99. The minimum Gasteiger partial charge on any atom is -0.356 e. The second kappa shape index (κ2) is 6.02. The van der Waals surface area contributed by atoms with Crippen LogP contribution in [0.2, 0.25) is 0 Å². The predicted molar refractivity (Wildman–Crippen MR) is 73.7 cm³/mol. The normalized spacial score (nSPS) is 17.5. The van der Waals surface area contributed by atoms with Crippen LogP contribution in [0.5, 0.6) is 0 Å². The van der Waals surface area contributed by atoms with Crippen LogP contribution in [0.4, 0.5) is 0 Å². The number of likely N-dealkylation sites (N-methyl/N-ethyl adjacent to an activating group) is 1. The molecule has 0 spiro atoms. The van der Waals surface area contributed by atoms with E-state index in [0.29, 0.717) is 6.04 Å². The summed E-state index contributed by atoms with van der Waals surface area (Å²) in [5.41, 5.74) is 0. The molecule has 0 saturated heterocycles. The Morgan fingerprint density at radius 2 is 2.47 bits per heavy atom. The summed E-state index contributed by atoms with van der Waals surface area (Å²) >= 11 is 1.80. The zero-order valence-corrected chi connectivity index (χ0v) is 11.3. The molecule has 0 saturated carbocycles. The van der Waals surface area contributed by atoms with Crippen molar-refractivity contribution in [1.82, 2.24) is 15.5 Å². The minimum absolute atomic E-state index is 0.404. The van der Waals surface area contributed by atoms with Gasteiger partial charge >= 0.3 is 0 Å². The van der Waals surface area contributed by atoms with E-state index in [1.807, 2.05) is 0 Å². The molecular weight excluding hydrogens is 232 g/mol. The molecule has 0 bridgehead atoms. The van der Waals surface area contributed by atoms with Crippen molar-refractivity contribution in [1.29, 1.82) is 0 Å². The summed E-state index contributed by atoms with van der Waals surface area (Å²) in [5, 5.41) is 8.80. The van der Waals surface area contributed by atoms with Gasteiger partial charge < -0.3 is 15.5 Å². The summed E-state index contributed by atoms with van der Waals surface area (Å²) in [6, 6.07) is 4.70. The largest absolute Gasteiger partial charge is 0.356 e. The number of hydrogen-bond acceptors (Lipinski definition) is 5. The van der Waals surface area contributed by atoms with Gasteiger partial charge in [0.15, 0.2) is 5.96 Å². The molecular formula is C12H20N4S. The Kier molecular flexibility index (Phi) is 4.39. The fourth-order valence-corrected chi connectivity index (χ4v) is 2.79. The summed E-state index contributed by atoms with van der Waals surface area (Å²) in [6.07, 6.45) is 1.13. The van der Waals surface area contributed by atoms with E-state index >= 15 is 0 Å². The lowest BCUT2D eigenvalue weighted by molar-refractivity contribution is 0.302. The van der Waals surface area contributed by atoms with Crippen LogP contribution in [0.15, 0.2) is 22.5 Å². The molecule has 0 amide bonds. The van der Waals surface area contributed by atoms with Gasteiger partial charge in [0.1, 0.15) is 0 Å². The van der Waals surface area contributed by atoms with Gasteiger partial charge in [0, 0.05) is 24.5 Å². The monoisotopic (exact) mass is 252 g/mol. The van der Waals surface area contributed by atoms with Crippen molar-refractivity contribution in [2.24, 2.45) is 4.99 Å². The third-order valence-electron chi connectivity index (χ3n) is 2.86. The molecule has 94 valence electrons. The van der Waals surface area contributed by atoms with Crippen LogP contribution in [0.25, 0.3) is 0 Å². The lowest BCUT2D eigenvalue weighted by Gasteiger charge is -2.25. The van der Waals surface area contributed by atoms with Gasteiger partial charge in [0.25, 0.3) is 0 Å². The van der Waals surface area contributed by atoms with Crippen molar-refractivity contribution in [3.63, 3.8) is 0 Å².